The summed E-state index contributed by atoms with van der Waals surface area (Å²) in [5.41, 5.74) is 0. The summed E-state index contributed by atoms with van der Waals surface area (Å²) in [7, 11) is 0. The van der Waals surface area contributed by atoms with E-state index in [0.717, 1.165) is 141 Å². The van der Waals surface area contributed by atoms with E-state index in [0.29, 0.717) is 12.8 Å². The Hall–Kier alpha value is -3.49. The van der Waals surface area contributed by atoms with Gasteiger partial charge in [0, 0.05) is 19.3 Å². The maximum Gasteiger partial charge on any atom is 0.318 e. The van der Waals surface area contributed by atoms with Crippen molar-refractivity contribution >= 4 is 29.8 Å². The molecule has 0 spiro atoms. The molecular formula is C61H102O9. The van der Waals surface area contributed by atoms with E-state index in [4.69, 9.17) is 18.9 Å². The molecule has 2 rings (SSSR count). The standard InChI is InChI=1S/C61H102O9/c1-4-7-10-13-15-17-19-21-23-25-27-29-31-35-40-45-55(62)67-50-54(69-57(64)47-42-36-32-30-28-26-24-22-20-18-16-14-11-8-5-2)51-68-56(63)46-41-37-33-34-39-44-53-49-48-52(43-38-12-9-6-3)58-59(53)61(66)70-60(58)65/h15,17,21-24,48-49,52-54,58-59H,4-14,16,18-20,25-47,50-51H2,1-3H3/b17-15+,23-21+,24-22+. The summed E-state index contributed by atoms with van der Waals surface area (Å²) in [5, 5.41) is 0. The molecule has 2 aliphatic rings. The van der Waals surface area contributed by atoms with Crippen LogP contribution in [0.25, 0.3) is 0 Å². The number of carbonyl (C=O) groups excluding carboxylic acids is 5. The fourth-order valence-corrected chi connectivity index (χ4v) is 9.77. The van der Waals surface area contributed by atoms with E-state index >= 15 is 0 Å². The molecule has 0 bridgehead atoms. The Morgan fingerprint density at radius 1 is 0.443 bits per heavy atom. The largest absolute Gasteiger partial charge is 0.462 e. The predicted octanol–water partition coefficient (Wildman–Crippen LogP) is 16.7. The summed E-state index contributed by atoms with van der Waals surface area (Å²) in [4.78, 5) is 63.7. The molecule has 1 aliphatic carbocycles. The number of hydrogen-bond donors (Lipinski definition) is 0. The number of allylic oxidation sites excluding steroid dienone is 8. The summed E-state index contributed by atoms with van der Waals surface area (Å²) in [6.07, 6.45) is 56.2. The summed E-state index contributed by atoms with van der Waals surface area (Å²) >= 11 is 0. The average Bonchev–Trinajstić information content (AvgIpc) is 3.66. The van der Waals surface area contributed by atoms with Gasteiger partial charge in [0.15, 0.2) is 6.10 Å². The lowest BCUT2D eigenvalue weighted by Crippen LogP contribution is -2.33. The highest BCUT2D eigenvalue weighted by molar-refractivity contribution is 5.97. The van der Waals surface area contributed by atoms with E-state index < -0.39 is 6.10 Å². The van der Waals surface area contributed by atoms with Gasteiger partial charge in [-0.3, -0.25) is 24.0 Å². The molecule has 0 radical (unpaired) electrons. The van der Waals surface area contributed by atoms with Gasteiger partial charge in [-0.15, -0.1) is 0 Å². The van der Waals surface area contributed by atoms with E-state index in [1.165, 1.54) is 77.0 Å². The highest BCUT2D eigenvalue weighted by atomic mass is 16.6. The molecule has 5 atom stereocenters. The third-order valence-electron chi connectivity index (χ3n) is 14.1. The summed E-state index contributed by atoms with van der Waals surface area (Å²) in [5.74, 6) is -2.35. The van der Waals surface area contributed by atoms with Gasteiger partial charge in [-0.05, 0) is 102 Å². The lowest BCUT2D eigenvalue weighted by molar-refractivity contribution is -0.167. The molecular weight excluding hydrogens is 877 g/mol. The van der Waals surface area contributed by atoms with Crippen molar-refractivity contribution in [3.63, 3.8) is 0 Å². The Balaban J connectivity index is 1.68. The van der Waals surface area contributed by atoms with Gasteiger partial charge >= 0.3 is 29.8 Å². The molecule has 1 fully saturated rings. The van der Waals surface area contributed by atoms with Crippen LogP contribution in [0.1, 0.15) is 265 Å². The molecule has 0 N–H and O–H groups in total. The minimum atomic E-state index is -0.842. The van der Waals surface area contributed by atoms with Crippen LogP contribution in [0.4, 0.5) is 0 Å². The zero-order valence-corrected chi connectivity index (χ0v) is 45.0. The summed E-state index contributed by atoms with van der Waals surface area (Å²) < 4.78 is 22.0. The second kappa shape index (κ2) is 44.2. The monoisotopic (exact) mass is 979 g/mol. The Morgan fingerprint density at radius 2 is 0.771 bits per heavy atom. The van der Waals surface area contributed by atoms with Crippen molar-refractivity contribution < 1.29 is 42.9 Å². The normalized spacial score (nSPS) is 18.3. The van der Waals surface area contributed by atoms with Crippen LogP contribution >= 0.6 is 0 Å². The molecule has 0 aromatic rings. The van der Waals surface area contributed by atoms with Gasteiger partial charge in [0.1, 0.15) is 13.2 Å². The lowest BCUT2D eigenvalue weighted by Gasteiger charge is -2.31. The van der Waals surface area contributed by atoms with E-state index in [1.54, 1.807) is 0 Å². The maximum absolute atomic E-state index is 12.9. The molecule has 0 aromatic carbocycles. The van der Waals surface area contributed by atoms with Crippen LogP contribution < -0.4 is 0 Å². The second-order valence-electron chi connectivity index (χ2n) is 20.5. The number of ether oxygens (including phenoxy) is 4. The summed E-state index contributed by atoms with van der Waals surface area (Å²) in [6.45, 7) is 6.40. The van der Waals surface area contributed by atoms with Crippen molar-refractivity contribution in [3.8, 4) is 0 Å². The number of cyclic esters (lactones) is 2. The van der Waals surface area contributed by atoms with Gasteiger partial charge in [0.25, 0.3) is 0 Å². The van der Waals surface area contributed by atoms with Crippen molar-refractivity contribution in [2.24, 2.45) is 23.7 Å². The Morgan fingerprint density at radius 3 is 1.21 bits per heavy atom. The lowest BCUT2D eigenvalue weighted by atomic mass is 9.69. The fourth-order valence-electron chi connectivity index (χ4n) is 9.77. The number of carbonyl (C=O) groups is 5. The molecule has 0 saturated carbocycles. The van der Waals surface area contributed by atoms with Crippen molar-refractivity contribution in [1.29, 1.82) is 0 Å². The van der Waals surface area contributed by atoms with Crippen LogP contribution in [0.3, 0.4) is 0 Å². The van der Waals surface area contributed by atoms with E-state index in [-0.39, 0.29) is 79.6 Å². The molecule has 9 heteroatoms. The molecule has 1 saturated heterocycles. The topological polar surface area (TPSA) is 122 Å². The minimum absolute atomic E-state index is 0.0273. The highest BCUT2D eigenvalue weighted by Crippen LogP contribution is 2.44. The van der Waals surface area contributed by atoms with Gasteiger partial charge in [0.2, 0.25) is 0 Å². The highest BCUT2D eigenvalue weighted by Gasteiger charge is 2.51. The molecule has 70 heavy (non-hydrogen) atoms. The minimum Gasteiger partial charge on any atom is -0.462 e. The first-order valence-corrected chi connectivity index (χ1v) is 29.2. The molecule has 0 aromatic heterocycles. The van der Waals surface area contributed by atoms with Gasteiger partial charge in [-0.25, -0.2) is 0 Å². The molecule has 1 aliphatic heterocycles. The Bertz CT molecular complexity index is 1480. The predicted molar refractivity (Wildman–Crippen MR) is 286 cm³/mol. The first kappa shape index (κ1) is 62.6. The third-order valence-corrected chi connectivity index (χ3v) is 14.1. The number of fused-ring (bicyclic) bond motifs is 1. The van der Waals surface area contributed by atoms with Gasteiger partial charge < -0.3 is 18.9 Å². The van der Waals surface area contributed by atoms with E-state index in [2.05, 4.69) is 69.4 Å². The third kappa shape index (κ3) is 32.5. The fraction of sp³-hybridized carbons (Fsp3) is 0.787. The van der Waals surface area contributed by atoms with Crippen molar-refractivity contribution in [3.05, 3.63) is 48.6 Å². The van der Waals surface area contributed by atoms with Crippen LogP contribution in [-0.4, -0.2) is 49.2 Å². The van der Waals surface area contributed by atoms with Crippen molar-refractivity contribution in [2.75, 3.05) is 13.2 Å². The maximum atomic E-state index is 12.9. The zero-order valence-electron chi connectivity index (χ0n) is 45.0. The van der Waals surface area contributed by atoms with Crippen molar-refractivity contribution in [2.45, 2.75) is 271 Å². The first-order chi connectivity index (χ1) is 34.3. The quantitative estimate of drug-likeness (QED) is 0.0193. The number of rotatable bonds is 47. The zero-order chi connectivity index (χ0) is 50.5. The molecule has 1 heterocycles. The van der Waals surface area contributed by atoms with Crippen LogP contribution in [0.5, 0.6) is 0 Å². The van der Waals surface area contributed by atoms with Crippen LogP contribution in [0.15, 0.2) is 48.6 Å². The van der Waals surface area contributed by atoms with Crippen LogP contribution in [0, 0.1) is 23.7 Å². The SMILES string of the molecule is CCCCC/C=C/C/C=C/CCCCCCCC(=O)OCC(COC(=O)CCCCCCCC1C=CC(CCCCCC)C2C(=O)OC(=O)C12)OC(=O)CCCCCCC/C=C/CCCCCCCC. The van der Waals surface area contributed by atoms with Gasteiger partial charge in [-0.2, -0.15) is 0 Å². The van der Waals surface area contributed by atoms with Crippen LogP contribution in [0.2, 0.25) is 0 Å². The number of hydrogen-bond acceptors (Lipinski definition) is 9. The summed E-state index contributed by atoms with van der Waals surface area (Å²) in [6, 6.07) is 0. The second-order valence-corrected chi connectivity index (χ2v) is 20.5. The molecule has 400 valence electrons. The molecule has 5 unspecified atom stereocenters. The van der Waals surface area contributed by atoms with E-state index in [1.807, 2.05) is 0 Å². The van der Waals surface area contributed by atoms with Crippen LogP contribution in [-0.2, 0) is 42.9 Å². The molecule has 0 amide bonds. The number of esters is 5. The Labute approximate surface area is 427 Å². The average molecular weight is 979 g/mol. The Kier molecular flexibility index (Phi) is 39.6. The number of unbranched alkanes of at least 4 members (excludes halogenated alkanes) is 26. The van der Waals surface area contributed by atoms with Gasteiger partial charge in [-0.1, -0.05) is 204 Å². The molecule has 9 nitrogen and oxygen atoms in total. The van der Waals surface area contributed by atoms with Crippen molar-refractivity contribution in [1.82, 2.24) is 0 Å². The smallest absolute Gasteiger partial charge is 0.318 e. The first-order valence-electron chi connectivity index (χ1n) is 29.2. The van der Waals surface area contributed by atoms with Gasteiger partial charge in [0.05, 0.1) is 11.8 Å². The van der Waals surface area contributed by atoms with E-state index in [9.17, 15) is 24.0 Å².